The van der Waals surface area contributed by atoms with Crippen molar-refractivity contribution >= 4 is 0 Å². The summed E-state index contributed by atoms with van der Waals surface area (Å²) in [5, 5.41) is 4.31. The average molecular weight is 292 g/mol. The van der Waals surface area contributed by atoms with E-state index < -0.39 is 0 Å². The molecule has 0 radical (unpaired) electrons. The summed E-state index contributed by atoms with van der Waals surface area (Å²) in [6.45, 7) is 4.87. The van der Waals surface area contributed by atoms with Crippen LogP contribution in [0.3, 0.4) is 0 Å². The lowest BCUT2D eigenvalue weighted by Crippen LogP contribution is -2.39. The largest absolute Gasteiger partial charge is 0.339 e. The van der Waals surface area contributed by atoms with E-state index in [0.29, 0.717) is 24.5 Å². The van der Waals surface area contributed by atoms with Crippen LogP contribution in [0.15, 0.2) is 4.52 Å². The third-order valence-corrected chi connectivity index (χ3v) is 6.10. The highest BCUT2D eigenvalue weighted by atomic mass is 16.5. The van der Waals surface area contributed by atoms with Gasteiger partial charge in [0.2, 0.25) is 5.89 Å². The summed E-state index contributed by atoms with van der Waals surface area (Å²) in [4.78, 5) is 7.31. The predicted octanol–water partition coefficient (Wildman–Crippen LogP) is 2.43. The Hall–Kier alpha value is -0.940. The molecule has 2 bridgehead atoms. The first-order valence-electron chi connectivity index (χ1n) is 8.39. The van der Waals surface area contributed by atoms with Crippen molar-refractivity contribution in [3.8, 4) is 0 Å². The van der Waals surface area contributed by atoms with Crippen molar-refractivity contribution in [2.45, 2.75) is 75.8 Å². The van der Waals surface area contributed by atoms with Crippen LogP contribution in [0, 0.1) is 0 Å². The van der Waals surface area contributed by atoms with E-state index in [1.54, 1.807) is 0 Å². The van der Waals surface area contributed by atoms with E-state index in [1.807, 2.05) is 0 Å². The molecule has 3 heterocycles. The second kappa shape index (κ2) is 5.69. The Morgan fingerprint density at radius 3 is 2.38 bits per heavy atom. The maximum absolute atomic E-state index is 5.99. The highest BCUT2D eigenvalue weighted by molar-refractivity contribution is 5.10. The van der Waals surface area contributed by atoms with Crippen LogP contribution >= 0.6 is 0 Å². The number of nitrogens with two attached hydrogens (primary N) is 1. The van der Waals surface area contributed by atoms with Crippen LogP contribution in [0.2, 0.25) is 0 Å². The number of piperidine rings is 1. The van der Waals surface area contributed by atoms with Crippen molar-refractivity contribution in [2.75, 3.05) is 13.6 Å². The highest BCUT2D eigenvalue weighted by Crippen LogP contribution is 2.41. The smallest absolute Gasteiger partial charge is 0.234 e. The quantitative estimate of drug-likeness (QED) is 0.902. The summed E-state index contributed by atoms with van der Waals surface area (Å²) < 4.78 is 5.62. The third kappa shape index (κ3) is 2.40. The minimum Gasteiger partial charge on any atom is -0.339 e. The molecule has 1 aromatic heterocycles. The van der Waals surface area contributed by atoms with Gasteiger partial charge in [-0.25, -0.2) is 0 Å². The molecule has 0 aliphatic carbocycles. The molecule has 2 fully saturated rings. The van der Waals surface area contributed by atoms with E-state index in [0.717, 1.165) is 24.6 Å². The fourth-order valence-electron chi connectivity index (χ4n) is 4.17. The molecule has 0 spiro atoms. The Bertz CT molecular complexity index is 460. The Kier molecular flexibility index (Phi) is 4.06. The van der Waals surface area contributed by atoms with Gasteiger partial charge in [0.25, 0.3) is 0 Å². The van der Waals surface area contributed by atoms with Crippen molar-refractivity contribution in [1.82, 2.24) is 15.0 Å². The molecule has 2 aliphatic rings. The molecule has 21 heavy (non-hydrogen) atoms. The molecule has 5 heteroatoms. The number of hydrogen-bond acceptors (Lipinski definition) is 5. The minimum absolute atomic E-state index is 0.143. The van der Waals surface area contributed by atoms with Gasteiger partial charge in [-0.2, -0.15) is 4.98 Å². The van der Waals surface area contributed by atoms with Gasteiger partial charge in [0.15, 0.2) is 5.82 Å². The number of aromatic nitrogens is 2. The van der Waals surface area contributed by atoms with Crippen molar-refractivity contribution < 1.29 is 4.52 Å². The normalized spacial score (nSPS) is 30.0. The van der Waals surface area contributed by atoms with Crippen LogP contribution in [0.1, 0.15) is 70.0 Å². The maximum Gasteiger partial charge on any atom is 0.234 e. The predicted molar refractivity (Wildman–Crippen MR) is 82.2 cm³/mol. The van der Waals surface area contributed by atoms with E-state index in [1.165, 1.54) is 25.7 Å². The van der Waals surface area contributed by atoms with Crippen molar-refractivity contribution in [3.63, 3.8) is 0 Å². The van der Waals surface area contributed by atoms with Crippen LogP contribution in [0.4, 0.5) is 0 Å². The first kappa shape index (κ1) is 15.0. The molecule has 3 rings (SSSR count). The van der Waals surface area contributed by atoms with Crippen LogP contribution in [0.25, 0.3) is 0 Å². The van der Waals surface area contributed by atoms with Crippen molar-refractivity contribution in [3.05, 3.63) is 11.7 Å². The molecule has 0 saturated carbocycles. The first-order valence-corrected chi connectivity index (χ1v) is 8.39. The summed E-state index contributed by atoms with van der Waals surface area (Å²) in [6.07, 6.45) is 6.86. The summed E-state index contributed by atoms with van der Waals surface area (Å²) in [6, 6.07) is 1.40. The fraction of sp³-hybridized carbons (Fsp3) is 0.875. The molecule has 1 aromatic rings. The molecule has 0 aromatic carbocycles. The first-order chi connectivity index (χ1) is 10.1. The van der Waals surface area contributed by atoms with Crippen LogP contribution in [-0.4, -0.2) is 40.7 Å². The zero-order valence-corrected chi connectivity index (χ0v) is 13.5. The lowest BCUT2D eigenvalue weighted by Gasteiger charge is -2.35. The van der Waals surface area contributed by atoms with Gasteiger partial charge in [-0.15, -0.1) is 0 Å². The van der Waals surface area contributed by atoms with E-state index >= 15 is 0 Å². The Labute approximate surface area is 127 Å². The molecule has 118 valence electrons. The second-order valence-corrected chi connectivity index (χ2v) is 6.87. The molecular formula is C16H28N4O. The highest BCUT2D eigenvalue weighted by Gasteiger charge is 2.41. The van der Waals surface area contributed by atoms with Gasteiger partial charge in [-0.3, -0.25) is 0 Å². The molecule has 2 atom stereocenters. The van der Waals surface area contributed by atoms with E-state index in [4.69, 9.17) is 15.2 Å². The molecule has 2 N–H and O–H groups in total. The summed E-state index contributed by atoms with van der Waals surface area (Å²) >= 11 is 0. The maximum atomic E-state index is 5.99. The molecule has 2 aliphatic heterocycles. The van der Waals surface area contributed by atoms with Gasteiger partial charge >= 0.3 is 0 Å². The van der Waals surface area contributed by atoms with Gasteiger partial charge in [0.05, 0.1) is 5.41 Å². The monoisotopic (exact) mass is 292 g/mol. The number of hydrogen-bond donors (Lipinski definition) is 1. The summed E-state index contributed by atoms with van der Waals surface area (Å²) in [5.74, 6) is 2.12. The van der Waals surface area contributed by atoms with Crippen LogP contribution < -0.4 is 5.73 Å². The van der Waals surface area contributed by atoms with Gasteiger partial charge in [0.1, 0.15) is 0 Å². The molecular weight excluding hydrogens is 264 g/mol. The average Bonchev–Trinajstić information content (AvgIpc) is 3.05. The van der Waals surface area contributed by atoms with Crippen LogP contribution in [0.5, 0.6) is 0 Å². The van der Waals surface area contributed by atoms with Gasteiger partial charge in [-0.05, 0) is 45.6 Å². The van der Waals surface area contributed by atoms with E-state index in [-0.39, 0.29) is 5.41 Å². The lowest BCUT2D eigenvalue weighted by molar-refractivity contribution is 0.157. The van der Waals surface area contributed by atoms with Gasteiger partial charge in [-0.1, -0.05) is 19.0 Å². The van der Waals surface area contributed by atoms with E-state index in [9.17, 15) is 0 Å². The van der Waals surface area contributed by atoms with Gasteiger partial charge in [0, 0.05) is 24.5 Å². The second-order valence-electron chi connectivity index (χ2n) is 6.87. The zero-order valence-electron chi connectivity index (χ0n) is 13.5. The Balaban J connectivity index is 1.79. The Morgan fingerprint density at radius 1 is 1.24 bits per heavy atom. The minimum atomic E-state index is -0.143. The zero-order chi connectivity index (χ0) is 15.0. The molecule has 5 nitrogen and oxygen atoms in total. The summed E-state index contributed by atoms with van der Waals surface area (Å²) in [5.41, 5.74) is 5.84. The number of rotatable bonds is 5. The van der Waals surface area contributed by atoms with Crippen molar-refractivity contribution in [2.24, 2.45) is 5.73 Å². The number of nitrogens with zero attached hydrogens (tertiary/aromatic N) is 3. The standard InChI is InChI=1S/C16H28N4O/c1-4-16(5-2,10-17)15-18-14(19-21-15)11-8-12-6-7-13(9-11)20(12)3/h11-13H,4-10,17H2,1-3H3. The SMILES string of the molecule is CCC(CC)(CN)c1nc(C2CC3CCC(C2)N3C)no1. The van der Waals surface area contributed by atoms with Gasteiger partial charge < -0.3 is 15.2 Å². The fourth-order valence-corrected chi connectivity index (χ4v) is 4.17. The topological polar surface area (TPSA) is 68.2 Å². The van der Waals surface area contributed by atoms with E-state index in [2.05, 4.69) is 31.0 Å². The number of fused-ring (bicyclic) bond motifs is 2. The van der Waals surface area contributed by atoms with Crippen LogP contribution in [-0.2, 0) is 5.41 Å². The molecule has 0 amide bonds. The third-order valence-electron chi connectivity index (χ3n) is 6.10. The molecule has 2 saturated heterocycles. The molecule has 2 unspecified atom stereocenters. The van der Waals surface area contributed by atoms with Crippen molar-refractivity contribution in [1.29, 1.82) is 0 Å². The Morgan fingerprint density at radius 2 is 1.86 bits per heavy atom. The lowest BCUT2D eigenvalue weighted by atomic mass is 9.82. The summed E-state index contributed by atoms with van der Waals surface area (Å²) in [7, 11) is 2.26.